The van der Waals surface area contributed by atoms with Gasteiger partial charge in [-0.3, -0.25) is 14.8 Å². The molecule has 0 saturated carbocycles. The number of aromatic nitrogens is 2. The van der Waals surface area contributed by atoms with Crippen molar-refractivity contribution in [2.75, 3.05) is 25.0 Å². The molecule has 6 heteroatoms. The summed E-state index contributed by atoms with van der Waals surface area (Å²) in [5.74, 6) is 0.534. The van der Waals surface area contributed by atoms with E-state index >= 15 is 0 Å². The largest absolute Gasteiger partial charge is 0.316 e. The van der Waals surface area contributed by atoms with E-state index in [2.05, 4.69) is 41.2 Å². The van der Waals surface area contributed by atoms with Crippen LogP contribution in [0.5, 0.6) is 0 Å². The number of aryl methyl sites for hydroxylation is 1. The van der Waals surface area contributed by atoms with Crippen LogP contribution in [0.4, 0.5) is 5.00 Å². The highest BCUT2D eigenvalue weighted by Gasteiger charge is 2.24. The standard InChI is InChI=1S/C17H24N4OS/c1-11-12(2)17(23-13(11)3)19-16(22)10-21-8-4-5-14(9-21)15-6-7-18-20-15/h6-7,14H,4-5,8-10H2,1-3H3,(H,18,20)(H,19,22). The van der Waals surface area contributed by atoms with Gasteiger partial charge in [0.05, 0.1) is 11.5 Å². The zero-order valence-electron chi connectivity index (χ0n) is 14.0. The van der Waals surface area contributed by atoms with Crippen molar-refractivity contribution in [3.05, 3.63) is 34.0 Å². The first-order valence-corrected chi connectivity index (χ1v) is 8.94. The number of hydrogen-bond acceptors (Lipinski definition) is 4. The summed E-state index contributed by atoms with van der Waals surface area (Å²) in [5.41, 5.74) is 3.65. The summed E-state index contributed by atoms with van der Waals surface area (Å²) in [6.07, 6.45) is 4.07. The van der Waals surface area contributed by atoms with Gasteiger partial charge in [-0.2, -0.15) is 5.10 Å². The predicted octanol–water partition coefficient (Wildman–Crippen LogP) is 3.21. The van der Waals surface area contributed by atoms with E-state index in [1.807, 2.05) is 6.07 Å². The molecular weight excluding hydrogens is 308 g/mol. The lowest BCUT2D eigenvalue weighted by atomic mass is 9.95. The van der Waals surface area contributed by atoms with Crippen LogP contribution in [-0.4, -0.2) is 40.6 Å². The first-order valence-electron chi connectivity index (χ1n) is 8.12. The Morgan fingerprint density at radius 1 is 1.43 bits per heavy atom. The number of aromatic amines is 1. The van der Waals surface area contributed by atoms with Crippen LogP contribution in [0.3, 0.4) is 0 Å². The van der Waals surface area contributed by atoms with Crippen molar-refractivity contribution in [3.63, 3.8) is 0 Å². The normalized spacial score (nSPS) is 19.0. The van der Waals surface area contributed by atoms with Gasteiger partial charge >= 0.3 is 0 Å². The number of H-pyrrole nitrogens is 1. The molecule has 5 nitrogen and oxygen atoms in total. The highest BCUT2D eigenvalue weighted by atomic mass is 32.1. The molecule has 2 aromatic heterocycles. The first-order chi connectivity index (χ1) is 11.0. The first kappa shape index (κ1) is 16.2. The topological polar surface area (TPSA) is 61.0 Å². The molecule has 1 atom stereocenters. The van der Waals surface area contributed by atoms with Crippen molar-refractivity contribution in [1.29, 1.82) is 0 Å². The summed E-state index contributed by atoms with van der Waals surface area (Å²) < 4.78 is 0. The molecule has 1 aliphatic heterocycles. The molecule has 0 aromatic carbocycles. The van der Waals surface area contributed by atoms with Crippen LogP contribution in [0.25, 0.3) is 0 Å². The third kappa shape index (κ3) is 3.64. The Labute approximate surface area is 141 Å². The van der Waals surface area contributed by atoms with Crippen LogP contribution < -0.4 is 5.32 Å². The van der Waals surface area contributed by atoms with E-state index in [0.29, 0.717) is 12.5 Å². The fourth-order valence-electron chi connectivity index (χ4n) is 3.18. The molecule has 1 amide bonds. The Bertz CT molecular complexity index is 677. The summed E-state index contributed by atoms with van der Waals surface area (Å²) >= 11 is 1.67. The second kappa shape index (κ2) is 6.84. The molecule has 23 heavy (non-hydrogen) atoms. The van der Waals surface area contributed by atoms with Crippen LogP contribution in [0.1, 0.15) is 40.5 Å². The fraction of sp³-hybridized carbons (Fsp3) is 0.529. The van der Waals surface area contributed by atoms with Gasteiger partial charge < -0.3 is 5.32 Å². The number of nitrogens with zero attached hydrogens (tertiary/aromatic N) is 2. The van der Waals surface area contributed by atoms with Crippen molar-refractivity contribution in [2.45, 2.75) is 39.5 Å². The monoisotopic (exact) mass is 332 g/mol. The van der Waals surface area contributed by atoms with E-state index in [0.717, 1.165) is 30.9 Å². The number of nitrogens with one attached hydrogen (secondary N) is 2. The molecule has 3 rings (SSSR count). The molecule has 0 aliphatic carbocycles. The zero-order chi connectivity index (χ0) is 16.4. The van der Waals surface area contributed by atoms with E-state index in [4.69, 9.17) is 0 Å². The Balaban J connectivity index is 1.58. The Hall–Kier alpha value is -1.66. The van der Waals surface area contributed by atoms with Crippen molar-refractivity contribution < 1.29 is 4.79 Å². The van der Waals surface area contributed by atoms with E-state index in [1.54, 1.807) is 17.5 Å². The summed E-state index contributed by atoms with van der Waals surface area (Å²) in [6, 6.07) is 2.04. The number of rotatable bonds is 4. The average molecular weight is 332 g/mol. The Morgan fingerprint density at radius 3 is 2.91 bits per heavy atom. The van der Waals surface area contributed by atoms with Crippen LogP contribution >= 0.6 is 11.3 Å². The number of anilines is 1. The second-order valence-electron chi connectivity index (χ2n) is 6.37. The predicted molar refractivity (Wildman–Crippen MR) is 94.2 cm³/mol. The number of thiophene rings is 1. The molecule has 2 N–H and O–H groups in total. The average Bonchev–Trinajstić information content (AvgIpc) is 3.14. The maximum absolute atomic E-state index is 12.4. The quantitative estimate of drug-likeness (QED) is 0.904. The third-order valence-electron chi connectivity index (χ3n) is 4.77. The molecule has 1 saturated heterocycles. The summed E-state index contributed by atoms with van der Waals surface area (Å²) in [7, 11) is 0. The summed E-state index contributed by atoms with van der Waals surface area (Å²) in [4.78, 5) is 15.9. The maximum atomic E-state index is 12.4. The minimum Gasteiger partial charge on any atom is -0.316 e. The molecular formula is C17H24N4OS. The van der Waals surface area contributed by atoms with Crippen LogP contribution in [-0.2, 0) is 4.79 Å². The second-order valence-corrected chi connectivity index (χ2v) is 7.60. The highest BCUT2D eigenvalue weighted by molar-refractivity contribution is 7.16. The smallest absolute Gasteiger partial charge is 0.239 e. The van der Waals surface area contributed by atoms with Crippen molar-refractivity contribution in [1.82, 2.24) is 15.1 Å². The molecule has 1 unspecified atom stereocenters. The molecule has 0 radical (unpaired) electrons. The van der Waals surface area contributed by atoms with Crippen LogP contribution in [0.15, 0.2) is 12.3 Å². The van der Waals surface area contributed by atoms with Gasteiger partial charge in [-0.05, 0) is 57.4 Å². The molecule has 2 aromatic rings. The minimum atomic E-state index is 0.0830. The fourth-order valence-corrected chi connectivity index (χ4v) is 4.26. The van der Waals surface area contributed by atoms with Crippen LogP contribution in [0, 0.1) is 20.8 Å². The van der Waals surface area contributed by atoms with Gasteiger partial charge in [0.2, 0.25) is 5.91 Å². The van der Waals surface area contributed by atoms with Crippen molar-refractivity contribution in [3.8, 4) is 0 Å². The number of carbonyl (C=O) groups is 1. The lowest BCUT2D eigenvalue weighted by molar-refractivity contribution is -0.117. The van der Waals surface area contributed by atoms with Crippen LogP contribution in [0.2, 0.25) is 0 Å². The van der Waals surface area contributed by atoms with E-state index < -0.39 is 0 Å². The SMILES string of the molecule is Cc1sc(NC(=O)CN2CCCC(c3ccn[nH]3)C2)c(C)c1C. The van der Waals surface area contributed by atoms with Crippen molar-refractivity contribution >= 4 is 22.2 Å². The number of piperidine rings is 1. The minimum absolute atomic E-state index is 0.0830. The van der Waals surface area contributed by atoms with Gasteiger partial charge in [0.25, 0.3) is 0 Å². The van der Waals surface area contributed by atoms with Gasteiger partial charge in [-0.15, -0.1) is 11.3 Å². The van der Waals surface area contributed by atoms with Gasteiger partial charge in [-0.1, -0.05) is 0 Å². The Morgan fingerprint density at radius 2 is 2.26 bits per heavy atom. The highest BCUT2D eigenvalue weighted by Crippen LogP contribution is 2.31. The zero-order valence-corrected chi connectivity index (χ0v) is 14.8. The molecule has 3 heterocycles. The van der Waals surface area contributed by atoms with Gasteiger partial charge in [0, 0.05) is 29.2 Å². The number of likely N-dealkylation sites (tertiary alicyclic amines) is 1. The third-order valence-corrected chi connectivity index (χ3v) is 6.00. The van der Waals surface area contributed by atoms with E-state index in [-0.39, 0.29) is 5.91 Å². The van der Waals surface area contributed by atoms with Gasteiger partial charge in [0.1, 0.15) is 0 Å². The van der Waals surface area contributed by atoms with Crippen molar-refractivity contribution in [2.24, 2.45) is 0 Å². The number of carbonyl (C=O) groups excluding carboxylic acids is 1. The summed E-state index contributed by atoms with van der Waals surface area (Å²) in [5, 5.41) is 11.2. The lowest BCUT2D eigenvalue weighted by Gasteiger charge is -2.31. The van der Waals surface area contributed by atoms with Gasteiger partial charge in [-0.25, -0.2) is 0 Å². The summed E-state index contributed by atoms with van der Waals surface area (Å²) in [6.45, 7) is 8.64. The molecule has 1 aliphatic rings. The lowest BCUT2D eigenvalue weighted by Crippen LogP contribution is -2.39. The molecule has 124 valence electrons. The molecule has 0 bridgehead atoms. The number of amides is 1. The Kier molecular flexibility index (Phi) is 4.82. The molecule has 1 fully saturated rings. The van der Waals surface area contributed by atoms with Gasteiger partial charge in [0.15, 0.2) is 0 Å². The van der Waals surface area contributed by atoms with E-state index in [1.165, 1.54) is 21.7 Å². The van der Waals surface area contributed by atoms with E-state index in [9.17, 15) is 4.79 Å². The number of hydrogen-bond donors (Lipinski definition) is 2. The maximum Gasteiger partial charge on any atom is 0.239 e. The molecule has 0 spiro atoms.